The van der Waals surface area contributed by atoms with Crippen molar-refractivity contribution in [1.29, 1.82) is 0 Å². The summed E-state index contributed by atoms with van der Waals surface area (Å²) in [6.07, 6.45) is 5.50. The standard InChI is InChI=1S/C8H14O2.C7H8O/c1-2-8(10-7-9)5-3-4-6-8;1-6-4-2-3-5-7(6)8/h7H,2-6H2,1H3;2-5,8H,1H3. The zero-order valence-electron chi connectivity index (χ0n) is 11.2. The third kappa shape index (κ3) is 4.06. The Morgan fingerprint density at radius 1 is 1.33 bits per heavy atom. The monoisotopic (exact) mass is 250 g/mol. The van der Waals surface area contributed by atoms with Gasteiger partial charge in [-0.05, 0) is 50.7 Å². The van der Waals surface area contributed by atoms with Crippen LogP contribution in [0.15, 0.2) is 24.3 Å². The molecule has 0 saturated heterocycles. The number of benzene rings is 1. The van der Waals surface area contributed by atoms with E-state index in [2.05, 4.69) is 6.92 Å². The Balaban J connectivity index is 0.000000184. The fraction of sp³-hybridized carbons (Fsp3) is 0.533. The maximum absolute atomic E-state index is 10.1. The third-order valence-corrected chi connectivity index (χ3v) is 3.57. The van der Waals surface area contributed by atoms with Crippen LogP contribution in [0.4, 0.5) is 0 Å². The molecule has 100 valence electrons. The van der Waals surface area contributed by atoms with Crippen molar-refractivity contribution >= 4 is 6.47 Å². The first-order valence-electron chi connectivity index (χ1n) is 6.49. The Hall–Kier alpha value is -1.51. The molecular weight excluding hydrogens is 228 g/mol. The van der Waals surface area contributed by atoms with Gasteiger partial charge in [0, 0.05) is 0 Å². The lowest BCUT2D eigenvalue weighted by atomic mass is 9.99. The average molecular weight is 250 g/mol. The van der Waals surface area contributed by atoms with E-state index in [1.54, 1.807) is 6.07 Å². The molecule has 0 amide bonds. The summed E-state index contributed by atoms with van der Waals surface area (Å²) in [6.45, 7) is 4.54. The maximum Gasteiger partial charge on any atom is 0.293 e. The van der Waals surface area contributed by atoms with E-state index in [-0.39, 0.29) is 5.60 Å². The van der Waals surface area contributed by atoms with Crippen molar-refractivity contribution in [3.63, 3.8) is 0 Å². The number of phenolic OH excluding ortho intramolecular Hbond substituents is 1. The van der Waals surface area contributed by atoms with Crippen molar-refractivity contribution in [2.24, 2.45) is 0 Å². The highest BCUT2D eigenvalue weighted by Gasteiger charge is 2.33. The van der Waals surface area contributed by atoms with Crippen LogP contribution in [0.25, 0.3) is 0 Å². The van der Waals surface area contributed by atoms with E-state index < -0.39 is 0 Å². The SMILES string of the molecule is CCC1(OC=O)CCCC1.Cc1ccccc1O. The lowest BCUT2D eigenvalue weighted by molar-refractivity contribution is -0.143. The van der Waals surface area contributed by atoms with Gasteiger partial charge < -0.3 is 9.84 Å². The van der Waals surface area contributed by atoms with E-state index in [0.29, 0.717) is 12.2 Å². The van der Waals surface area contributed by atoms with Crippen molar-refractivity contribution < 1.29 is 14.6 Å². The maximum atomic E-state index is 10.1. The van der Waals surface area contributed by atoms with E-state index in [1.807, 2.05) is 25.1 Å². The minimum atomic E-state index is -0.0816. The number of carbonyl (C=O) groups excluding carboxylic acids is 1. The molecule has 0 spiro atoms. The van der Waals surface area contributed by atoms with Crippen LogP contribution in [-0.2, 0) is 9.53 Å². The lowest BCUT2D eigenvalue weighted by Gasteiger charge is -2.24. The summed E-state index contributed by atoms with van der Waals surface area (Å²) in [5.41, 5.74) is 0.842. The van der Waals surface area contributed by atoms with Crippen LogP contribution in [0.3, 0.4) is 0 Å². The van der Waals surface area contributed by atoms with E-state index in [0.717, 1.165) is 24.8 Å². The fourth-order valence-electron chi connectivity index (χ4n) is 2.24. The number of rotatable bonds is 3. The van der Waals surface area contributed by atoms with E-state index in [4.69, 9.17) is 9.84 Å². The Labute approximate surface area is 109 Å². The van der Waals surface area contributed by atoms with Crippen LogP contribution in [-0.4, -0.2) is 17.2 Å². The number of hydrogen-bond acceptors (Lipinski definition) is 3. The third-order valence-electron chi connectivity index (χ3n) is 3.57. The molecule has 0 aliphatic heterocycles. The van der Waals surface area contributed by atoms with Gasteiger partial charge in [0.1, 0.15) is 11.4 Å². The highest BCUT2D eigenvalue weighted by molar-refractivity contribution is 5.38. The predicted octanol–water partition coefficient (Wildman–Crippen LogP) is 3.58. The van der Waals surface area contributed by atoms with Gasteiger partial charge in [0.25, 0.3) is 6.47 Å². The molecule has 18 heavy (non-hydrogen) atoms. The molecule has 1 fully saturated rings. The van der Waals surface area contributed by atoms with E-state index >= 15 is 0 Å². The minimum absolute atomic E-state index is 0.0816. The topological polar surface area (TPSA) is 46.5 Å². The summed E-state index contributed by atoms with van der Waals surface area (Å²) in [7, 11) is 0. The van der Waals surface area contributed by atoms with Gasteiger partial charge in [-0.3, -0.25) is 4.79 Å². The van der Waals surface area contributed by atoms with Gasteiger partial charge in [-0.25, -0.2) is 0 Å². The molecule has 1 aromatic carbocycles. The number of aromatic hydroxyl groups is 1. The quantitative estimate of drug-likeness (QED) is 0.834. The van der Waals surface area contributed by atoms with Crippen molar-refractivity contribution in [1.82, 2.24) is 0 Å². The van der Waals surface area contributed by atoms with Crippen LogP contribution in [0, 0.1) is 6.92 Å². The molecule has 2 rings (SSSR count). The molecule has 1 aliphatic carbocycles. The first kappa shape index (κ1) is 14.6. The summed E-state index contributed by atoms with van der Waals surface area (Å²) < 4.78 is 5.06. The van der Waals surface area contributed by atoms with Gasteiger partial charge in [0.2, 0.25) is 0 Å². The van der Waals surface area contributed by atoms with Gasteiger partial charge in [0.05, 0.1) is 0 Å². The highest BCUT2D eigenvalue weighted by Crippen LogP contribution is 2.35. The highest BCUT2D eigenvalue weighted by atomic mass is 16.5. The summed E-state index contributed by atoms with van der Waals surface area (Å²) >= 11 is 0. The predicted molar refractivity (Wildman–Crippen MR) is 71.5 cm³/mol. The second-order valence-corrected chi connectivity index (χ2v) is 4.74. The molecule has 0 atom stereocenters. The minimum Gasteiger partial charge on any atom is -0.508 e. The molecule has 1 aromatic rings. The second-order valence-electron chi connectivity index (χ2n) is 4.74. The summed E-state index contributed by atoms with van der Waals surface area (Å²) in [5, 5.41) is 8.92. The summed E-state index contributed by atoms with van der Waals surface area (Å²) in [6, 6.07) is 7.25. The smallest absolute Gasteiger partial charge is 0.293 e. The van der Waals surface area contributed by atoms with E-state index in [9.17, 15) is 4.79 Å². The molecule has 0 aromatic heterocycles. The summed E-state index contributed by atoms with van der Waals surface area (Å²) in [5.74, 6) is 0.368. The zero-order valence-corrected chi connectivity index (χ0v) is 11.2. The number of para-hydroxylation sites is 1. The Morgan fingerprint density at radius 3 is 2.33 bits per heavy atom. The number of ether oxygens (including phenoxy) is 1. The first-order valence-corrected chi connectivity index (χ1v) is 6.49. The van der Waals surface area contributed by atoms with Crippen LogP contribution in [0.1, 0.15) is 44.6 Å². The van der Waals surface area contributed by atoms with Gasteiger partial charge in [-0.2, -0.15) is 0 Å². The number of aryl methyl sites for hydroxylation is 1. The van der Waals surface area contributed by atoms with E-state index in [1.165, 1.54) is 12.8 Å². The van der Waals surface area contributed by atoms with Gasteiger partial charge in [-0.1, -0.05) is 25.1 Å². The van der Waals surface area contributed by atoms with Gasteiger partial charge >= 0.3 is 0 Å². The number of carbonyl (C=O) groups is 1. The normalized spacial score (nSPS) is 16.6. The molecule has 0 bridgehead atoms. The Bertz CT molecular complexity index is 347. The number of phenols is 1. The fourth-order valence-corrected chi connectivity index (χ4v) is 2.24. The van der Waals surface area contributed by atoms with Crippen molar-refractivity contribution in [2.45, 2.75) is 51.6 Å². The van der Waals surface area contributed by atoms with Crippen molar-refractivity contribution in [2.75, 3.05) is 0 Å². The second kappa shape index (κ2) is 7.04. The van der Waals surface area contributed by atoms with Gasteiger partial charge in [0.15, 0.2) is 0 Å². The molecule has 3 heteroatoms. The molecule has 0 unspecified atom stereocenters. The van der Waals surface area contributed by atoms with Crippen LogP contribution >= 0.6 is 0 Å². The van der Waals surface area contributed by atoms with Crippen LogP contribution in [0.5, 0.6) is 5.75 Å². The number of hydrogen-bond donors (Lipinski definition) is 1. The van der Waals surface area contributed by atoms with Crippen molar-refractivity contribution in [3.8, 4) is 5.75 Å². The molecule has 1 aliphatic rings. The molecular formula is C15H22O3. The van der Waals surface area contributed by atoms with Gasteiger partial charge in [-0.15, -0.1) is 0 Å². The first-order chi connectivity index (χ1) is 8.63. The Kier molecular flexibility index (Phi) is 5.69. The summed E-state index contributed by atoms with van der Waals surface area (Å²) in [4.78, 5) is 10.1. The zero-order chi connectivity index (χ0) is 13.4. The lowest BCUT2D eigenvalue weighted by Crippen LogP contribution is -2.26. The Morgan fingerprint density at radius 2 is 1.94 bits per heavy atom. The van der Waals surface area contributed by atoms with Crippen LogP contribution in [0.2, 0.25) is 0 Å². The molecule has 1 saturated carbocycles. The molecule has 3 nitrogen and oxygen atoms in total. The van der Waals surface area contributed by atoms with Crippen molar-refractivity contribution in [3.05, 3.63) is 29.8 Å². The van der Waals surface area contributed by atoms with Crippen LogP contribution < -0.4 is 0 Å². The largest absolute Gasteiger partial charge is 0.508 e. The average Bonchev–Trinajstić information content (AvgIpc) is 2.84. The molecule has 1 N–H and O–H groups in total. The molecule has 0 heterocycles. The molecule has 0 radical (unpaired) electrons.